The summed E-state index contributed by atoms with van der Waals surface area (Å²) in [5.74, 6) is 0.884. The molecule has 2 atom stereocenters. The minimum atomic E-state index is 0.714. The lowest BCUT2D eigenvalue weighted by molar-refractivity contribution is 0.138. The molecule has 2 fully saturated rings. The van der Waals surface area contributed by atoms with Crippen molar-refractivity contribution in [2.75, 3.05) is 39.3 Å². The van der Waals surface area contributed by atoms with E-state index >= 15 is 0 Å². The van der Waals surface area contributed by atoms with Gasteiger partial charge in [0.1, 0.15) is 0 Å². The summed E-state index contributed by atoms with van der Waals surface area (Å²) in [6.07, 6.45) is 8.26. The van der Waals surface area contributed by atoms with Crippen LogP contribution in [0.2, 0.25) is 0 Å². The van der Waals surface area contributed by atoms with E-state index in [9.17, 15) is 0 Å². The molecule has 3 heteroatoms. The molecule has 2 aliphatic heterocycles. The smallest absolute Gasteiger partial charge is 0.0108 e. The van der Waals surface area contributed by atoms with E-state index in [0.717, 1.165) is 12.0 Å². The molecule has 124 valence electrons. The Hall–Kier alpha value is -0.120. The van der Waals surface area contributed by atoms with E-state index < -0.39 is 0 Å². The first kappa shape index (κ1) is 17.2. The van der Waals surface area contributed by atoms with E-state index in [1.165, 1.54) is 77.8 Å². The monoisotopic (exact) mass is 295 g/mol. The molecule has 2 aliphatic rings. The summed E-state index contributed by atoms with van der Waals surface area (Å²) >= 11 is 0. The number of hydrogen-bond donors (Lipinski definition) is 1. The van der Waals surface area contributed by atoms with Crippen LogP contribution in [0.5, 0.6) is 0 Å². The Kier molecular flexibility index (Phi) is 7.48. The first-order valence-electron chi connectivity index (χ1n) is 9.39. The second-order valence-electron chi connectivity index (χ2n) is 7.42. The highest BCUT2D eigenvalue weighted by atomic mass is 15.2. The zero-order chi connectivity index (χ0) is 15.1. The van der Waals surface area contributed by atoms with Crippen LogP contribution in [0.25, 0.3) is 0 Å². The van der Waals surface area contributed by atoms with E-state index in [1.54, 1.807) is 0 Å². The van der Waals surface area contributed by atoms with Gasteiger partial charge in [0.2, 0.25) is 0 Å². The van der Waals surface area contributed by atoms with Gasteiger partial charge in [-0.25, -0.2) is 0 Å². The molecular weight excluding hydrogens is 258 g/mol. The second-order valence-corrected chi connectivity index (χ2v) is 7.42. The van der Waals surface area contributed by atoms with Gasteiger partial charge < -0.3 is 15.1 Å². The largest absolute Gasteiger partial charge is 0.316 e. The Morgan fingerprint density at radius 2 is 2.00 bits per heavy atom. The minimum Gasteiger partial charge on any atom is -0.316 e. The highest BCUT2D eigenvalue weighted by molar-refractivity contribution is 4.81. The summed E-state index contributed by atoms with van der Waals surface area (Å²) in [7, 11) is 0. The molecule has 0 aromatic carbocycles. The average molecular weight is 296 g/mol. The number of nitrogens with zero attached hydrogens (tertiary/aromatic N) is 2. The van der Waals surface area contributed by atoms with Gasteiger partial charge in [-0.2, -0.15) is 0 Å². The molecule has 1 N–H and O–H groups in total. The third-order valence-electron chi connectivity index (χ3n) is 5.38. The highest BCUT2D eigenvalue weighted by Crippen LogP contribution is 2.21. The van der Waals surface area contributed by atoms with Crippen molar-refractivity contribution < 1.29 is 0 Å². The van der Waals surface area contributed by atoms with Gasteiger partial charge in [0.15, 0.2) is 0 Å². The Labute approximate surface area is 132 Å². The molecule has 3 nitrogen and oxygen atoms in total. The third-order valence-corrected chi connectivity index (χ3v) is 5.38. The van der Waals surface area contributed by atoms with Crippen LogP contribution in [0.3, 0.4) is 0 Å². The van der Waals surface area contributed by atoms with Gasteiger partial charge in [-0.15, -0.1) is 0 Å². The molecule has 0 aliphatic carbocycles. The molecule has 2 unspecified atom stereocenters. The lowest BCUT2D eigenvalue weighted by atomic mass is 9.97. The number of piperidine rings is 1. The fraction of sp³-hybridized carbons (Fsp3) is 1.00. The SMILES string of the molecule is CCCN(CC1CCCNC1)C1CCCN(C(C)C)CC1. The van der Waals surface area contributed by atoms with Crippen molar-refractivity contribution in [3.05, 3.63) is 0 Å². The van der Waals surface area contributed by atoms with E-state index in [-0.39, 0.29) is 0 Å². The average Bonchev–Trinajstić information content (AvgIpc) is 2.74. The van der Waals surface area contributed by atoms with Crippen LogP contribution in [0.1, 0.15) is 59.3 Å². The molecular formula is C18H37N3. The maximum atomic E-state index is 3.58. The normalized spacial score (nSPS) is 29.0. The van der Waals surface area contributed by atoms with Gasteiger partial charge in [-0.1, -0.05) is 6.92 Å². The number of hydrogen-bond acceptors (Lipinski definition) is 3. The molecule has 2 rings (SSSR count). The molecule has 0 aromatic rings. The Morgan fingerprint density at radius 1 is 1.14 bits per heavy atom. The van der Waals surface area contributed by atoms with E-state index in [0.29, 0.717) is 6.04 Å². The zero-order valence-corrected chi connectivity index (χ0v) is 14.6. The molecule has 0 spiro atoms. The lowest BCUT2D eigenvalue weighted by Gasteiger charge is -2.35. The van der Waals surface area contributed by atoms with Crippen LogP contribution >= 0.6 is 0 Å². The fourth-order valence-corrected chi connectivity index (χ4v) is 4.10. The van der Waals surface area contributed by atoms with Crippen LogP contribution in [0.4, 0.5) is 0 Å². The molecule has 0 amide bonds. The Balaban J connectivity index is 1.87. The summed E-state index contributed by atoms with van der Waals surface area (Å²) in [5.41, 5.74) is 0. The zero-order valence-electron chi connectivity index (χ0n) is 14.6. The summed E-state index contributed by atoms with van der Waals surface area (Å²) in [5, 5.41) is 3.58. The summed E-state index contributed by atoms with van der Waals surface area (Å²) in [4.78, 5) is 5.51. The number of nitrogens with one attached hydrogen (secondary N) is 1. The topological polar surface area (TPSA) is 18.5 Å². The maximum absolute atomic E-state index is 3.58. The number of likely N-dealkylation sites (tertiary alicyclic amines) is 1. The summed E-state index contributed by atoms with van der Waals surface area (Å²) < 4.78 is 0. The van der Waals surface area contributed by atoms with E-state index in [1.807, 2.05) is 0 Å². The van der Waals surface area contributed by atoms with Crippen LogP contribution in [-0.2, 0) is 0 Å². The van der Waals surface area contributed by atoms with Crippen molar-refractivity contribution in [1.29, 1.82) is 0 Å². The number of rotatable bonds is 6. The van der Waals surface area contributed by atoms with Gasteiger partial charge in [0, 0.05) is 18.6 Å². The predicted molar refractivity (Wildman–Crippen MR) is 91.8 cm³/mol. The van der Waals surface area contributed by atoms with Crippen molar-refractivity contribution in [1.82, 2.24) is 15.1 Å². The quantitative estimate of drug-likeness (QED) is 0.813. The van der Waals surface area contributed by atoms with Crippen molar-refractivity contribution in [2.24, 2.45) is 5.92 Å². The predicted octanol–water partition coefficient (Wildman–Crippen LogP) is 2.96. The third kappa shape index (κ3) is 5.54. The van der Waals surface area contributed by atoms with Crippen LogP contribution in [0, 0.1) is 5.92 Å². The lowest BCUT2D eigenvalue weighted by Crippen LogP contribution is -2.44. The van der Waals surface area contributed by atoms with Gasteiger partial charge in [0.05, 0.1) is 0 Å². The van der Waals surface area contributed by atoms with Crippen molar-refractivity contribution in [2.45, 2.75) is 71.4 Å². The first-order chi connectivity index (χ1) is 10.2. The fourth-order valence-electron chi connectivity index (χ4n) is 4.10. The first-order valence-corrected chi connectivity index (χ1v) is 9.39. The summed E-state index contributed by atoms with van der Waals surface area (Å²) in [6, 6.07) is 1.54. The van der Waals surface area contributed by atoms with Gasteiger partial charge in [-0.05, 0) is 91.0 Å². The van der Waals surface area contributed by atoms with E-state index in [2.05, 4.69) is 35.9 Å². The van der Waals surface area contributed by atoms with E-state index in [4.69, 9.17) is 0 Å². The van der Waals surface area contributed by atoms with Gasteiger partial charge >= 0.3 is 0 Å². The van der Waals surface area contributed by atoms with Crippen molar-refractivity contribution >= 4 is 0 Å². The minimum absolute atomic E-state index is 0.714. The van der Waals surface area contributed by atoms with Crippen LogP contribution in [0.15, 0.2) is 0 Å². The van der Waals surface area contributed by atoms with Gasteiger partial charge in [-0.3, -0.25) is 0 Å². The van der Waals surface area contributed by atoms with Crippen molar-refractivity contribution in [3.8, 4) is 0 Å². The molecule has 0 aromatic heterocycles. The van der Waals surface area contributed by atoms with Gasteiger partial charge in [0.25, 0.3) is 0 Å². The Bertz CT molecular complexity index is 274. The maximum Gasteiger partial charge on any atom is 0.0108 e. The Morgan fingerprint density at radius 3 is 2.67 bits per heavy atom. The second kappa shape index (κ2) is 9.12. The molecule has 0 saturated carbocycles. The van der Waals surface area contributed by atoms with Crippen LogP contribution in [-0.4, -0.2) is 61.2 Å². The summed E-state index contributed by atoms with van der Waals surface area (Å²) in [6.45, 7) is 14.7. The molecule has 21 heavy (non-hydrogen) atoms. The molecule has 2 heterocycles. The van der Waals surface area contributed by atoms with Crippen LogP contribution < -0.4 is 5.32 Å². The van der Waals surface area contributed by atoms with Crippen molar-refractivity contribution in [3.63, 3.8) is 0 Å². The molecule has 2 saturated heterocycles. The highest BCUT2D eigenvalue weighted by Gasteiger charge is 2.25. The molecule has 0 radical (unpaired) electrons. The standard InChI is InChI=1S/C18H37N3/c1-4-11-21(15-17-7-5-10-19-14-17)18-8-6-12-20(13-9-18)16(2)3/h16-19H,4-15H2,1-3H3. The molecule has 0 bridgehead atoms.